The van der Waals surface area contributed by atoms with Gasteiger partial charge in [0.15, 0.2) is 0 Å². The molecule has 1 nitrogen and oxygen atoms in total. The Morgan fingerprint density at radius 1 is 0.486 bits per heavy atom. The molecule has 8 rings (SSSR count). The van der Waals surface area contributed by atoms with Crippen LogP contribution in [0.2, 0.25) is 0 Å². The summed E-state index contributed by atoms with van der Waals surface area (Å²) in [6.45, 7) is 0. The van der Waals surface area contributed by atoms with Crippen LogP contribution < -0.4 is 4.74 Å². The van der Waals surface area contributed by atoms with E-state index >= 15 is 0 Å². The van der Waals surface area contributed by atoms with Gasteiger partial charge < -0.3 is 4.74 Å². The lowest BCUT2D eigenvalue weighted by Crippen LogP contribution is -1.97. The molecule has 1 aliphatic heterocycles. The Morgan fingerprint density at radius 2 is 1.29 bits per heavy atom. The smallest absolute Gasteiger partial charge is 0.135 e. The zero-order valence-electron chi connectivity index (χ0n) is 18.6. The van der Waals surface area contributed by atoms with Crippen LogP contribution in [0, 0.1) is 0 Å². The first-order valence-corrected chi connectivity index (χ1v) is 13.3. The van der Waals surface area contributed by atoms with Gasteiger partial charge in [0.1, 0.15) is 11.5 Å². The predicted octanol–water partition coefficient (Wildman–Crippen LogP) is 10.4. The van der Waals surface area contributed by atoms with Gasteiger partial charge in [-0.15, -0.1) is 22.7 Å². The van der Waals surface area contributed by atoms with Gasteiger partial charge in [0.2, 0.25) is 0 Å². The first-order chi connectivity index (χ1) is 17.3. The van der Waals surface area contributed by atoms with E-state index < -0.39 is 0 Å². The molecule has 0 saturated carbocycles. The average molecular weight is 483 g/mol. The minimum absolute atomic E-state index is 0.922. The number of hydrogen-bond donors (Lipinski definition) is 0. The third-order valence-corrected chi connectivity index (χ3v) is 9.22. The molecular formula is C32H18OS2. The van der Waals surface area contributed by atoms with Gasteiger partial charge >= 0.3 is 0 Å². The molecule has 0 bridgehead atoms. The average Bonchev–Trinajstić information content (AvgIpc) is 3.54. The van der Waals surface area contributed by atoms with Gasteiger partial charge in [0.25, 0.3) is 0 Å². The Bertz CT molecular complexity index is 1930. The van der Waals surface area contributed by atoms with Crippen molar-refractivity contribution in [2.45, 2.75) is 0 Å². The van der Waals surface area contributed by atoms with Crippen molar-refractivity contribution < 1.29 is 4.74 Å². The number of hydrogen-bond acceptors (Lipinski definition) is 3. The Morgan fingerprint density at radius 3 is 2.26 bits per heavy atom. The van der Waals surface area contributed by atoms with E-state index in [0.717, 1.165) is 17.1 Å². The maximum Gasteiger partial charge on any atom is 0.135 e. The van der Waals surface area contributed by atoms with E-state index in [1.165, 1.54) is 57.4 Å². The van der Waals surface area contributed by atoms with Crippen molar-refractivity contribution in [2.24, 2.45) is 0 Å². The van der Waals surface area contributed by atoms with Crippen molar-refractivity contribution in [1.82, 2.24) is 0 Å². The highest BCUT2D eigenvalue weighted by molar-refractivity contribution is 7.26. The van der Waals surface area contributed by atoms with Crippen molar-refractivity contribution in [3.8, 4) is 43.5 Å². The van der Waals surface area contributed by atoms with E-state index in [1.54, 1.807) is 0 Å². The molecule has 1 aliphatic rings. The topological polar surface area (TPSA) is 9.23 Å². The lowest BCUT2D eigenvalue weighted by molar-refractivity contribution is 0.487. The van der Waals surface area contributed by atoms with E-state index in [1.807, 2.05) is 22.7 Å². The highest BCUT2D eigenvalue weighted by Crippen LogP contribution is 2.48. The summed E-state index contributed by atoms with van der Waals surface area (Å²) < 4.78 is 8.99. The van der Waals surface area contributed by atoms with Crippen LogP contribution in [0.1, 0.15) is 0 Å². The first kappa shape index (κ1) is 19.4. The van der Waals surface area contributed by atoms with E-state index in [2.05, 4.69) is 109 Å². The summed E-state index contributed by atoms with van der Waals surface area (Å²) in [5.41, 5.74) is 4.94. The summed E-state index contributed by atoms with van der Waals surface area (Å²) in [5.74, 6) is 1.86. The number of thiophene rings is 2. The summed E-state index contributed by atoms with van der Waals surface area (Å²) in [7, 11) is 0. The molecule has 0 saturated heterocycles. The van der Waals surface area contributed by atoms with Gasteiger partial charge in [0.05, 0.1) is 0 Å². The van der Waals surface area contributed by atoms with E-state index in [9.17, 15) is 0 Å². The number of ether oxygens (including phenoxy) is 1. The Balaban J connectivity index is 1.27. The minimum Gasteiger partial charge on any atom is -0.456 e. The second-order valence-corrected chi connectivity index (χ2v) is 11.1. The molecular weight excluding hydrogens is 464 g/mol. The number of rotatable bonds is 2. The van der Waals surface area contributed by atoms with Crippen LogP contribution in [-0.2, 0) is 0 Å². The SMILES string of the molecule is c1cc2c3c(cccc3c1)-c1cc(-c3ccc(-c4cccc5sc6ccccc6c45)s3)ccc1O2. The second kappa shape index (κ2) is 7.29. The third kappa shape index (κ3) is 2.86. The van der Waals surface area contributed by atoms with Gasteiger partial charge in [-0.2, -0.15) is 0 Å². The fourth-order valence-electron chi connectivity index (χ4n) is 5.34. The van der Waals surface area contributed by atoms with Gasteiger partial charge in [-0.05, 0) is 65.0 Å². The van der Waals surface area contributed by atoms with E-state index in [-0.39, 0.29) is 0 Å². The molecule has 0 radical (unpaired) electrons. The van der Waals surface area contributed by atoms with Crippen molar-refractivity contribution in [1.29, 1.82) is 0 Å². The number of fused-ring (bicyclic) bond motifs is 5. The maximum absolute atomic E-state index is 6.30. The first-order valence-electron chi connectivity index (χ1n) is 11.7. The van der Waals surface area contributed by atoms with E-state index in [4.69, 9.17) is 4.74 Å². The zero-order valence-corrected chi connectivity index (χ0v) is 20.3. The third-order valence-electron chi connectivity index (χ3n) is 6.91. The van der Waals surface area contributed by atoms with Crippen LogP contribution in [0.3, 0.4) is 0 Å². The quantitative estimate of drug-likeness (QED) is 0.238. The molecule has 0 unspecified atom stereocenters. The maximum atomic E-state index is 6.30. The monoisotopic (exact) mass is 482 g/mol. The lowest BCUT2D eigenvalue weighted by Gasteiger charge is -2.21. The van der Waals surface area contributed by atoms with Crippen molar-refractivity contribution >= 4 is 53.6 Å². The summed E-state index contributed by atoms with van der Waals surface area (Å²) in [5, 5.41) is 5.12. The highest BCUT2D eigenvalue weighted by atomic mass is 32.1. The fraction of sp³-hybridized carbons (Fsp3) is 0. The van der Waals surface area contributed by atoms with Crippen molar-refractivity contribution in [3.63, 3.8) is 0 Å². The van der Waals surface area contributed by atoms with Gasteiger partial charge in [-0.1, -0.05) is 60.7 Å². The summed E-state index contributed by atoms with van der Waals surface area (Å²) in [4.78, 5) is 2.57. The molecule has 3 heterocycles. The van der Waals surface area contributed by atoms with Crippen LogP contribution in [0.4, 0.5) is 0 Å². The molecule has 2 aromatic heterocycles. The van der Waals surface area contributed by atoms with Gasteiger partial charge in [-0.25, -0.2) is 0 Å². The van der Waals surface area contributed by atoms with Crippen LogP contribution >= 0.6 is 22.7 Å². The summed E-state index contributed by atoms with van der Waals surface area (Å²) >= 11 is 3.73. The predicted molar refractivity (Wildman–Crippen MR) is 151 cm³/mol. The number of benzene rings is 5. The van der Waals surface area contributed by atoms with Gasteiger partial charge in [0, 0.05) is 46.4 Å². The molecule has 0 amide bonds. The molecule has 5 aromatic carbocycles. The van der Waals surface area contributed by atoms with Gasteiger partial charge in [-0.3, -0.25) is 0 Å². The van der Waals surface area contributed by atoms with Crippen molar-refractivity contribution in [2.75, 3.05) is 0 Å². The Hall–Kier alpha value is -3.92. The molecule has 0 spiro atoms. The lowest BCUT2D eigenvalue weighted by atomic mass is 9.93. The molecule has 0 N–H and O–H groups in total. The molecule has 7 aromatic rings. The minimum atomic E-state index is 0.922. The molecule has 35 heavy (non-hydrogen) atoms. The Labute approximate surface area is 210 Å². The van der Waals surface area contributed by atoms with Crippen LogP contribution in [0.25, 0.3) is 63.0 Å². The normalized spacial score (nSPS) is 12.2. The second-order valence-electron chi connectivity index (χ2n) is 8.91. The largest absolute Gasteiger partial charge is 0.456 e. The molecule has 164 valence electrons. The van der Waals surface area contributed by atoms with Crippen LogP contribution in [0.15, 0.2) is 109 Å². The Kier molecular flexibility index (Phi) is 4.04. The molecule has 0 atom stereocenters. The fourth-order valence-corrected chi connectivity index (χ4v) is 7.50. The molecule has 0 aliphatic carbocycles. The van der Waals surface area contributed by atoms with Crippen molar-refractivity contribution in [3.05, 3.63) is 109 Å². The van der Waals surface area contributed by atoms with Crippen LogP contribution in [0.5, 0.6) is 11.5 Å². The van der Waals surface area contributed by atoms with E-state index in [0.29, 0.717) is 0 Å². The van der Waals surface area contributed by atoms with Crippen LogP contribution in [-0.4, -0.2) is 0 Å². The highest BCUT2D eigenvalue weighted by Gasteiger charge is 2.21. The molecule has 0 fully saturated rings. The summed E-state index contributed by atoms with van der Waals surface area (Å²) in [6.07, 6.45) is 0. The zero-order chi connectivity index (χ0) is 22.9. The summed E-state index contributed by atoms with van der Waals surface area (Å²) in [6, 6.07) is 39.3. The molecule has 3 heteroatoms. The standard InChI is InChI=1S/C32H18OS2/c1-2-12-28-22(8-1)32-23(10-5-13-30(32)35-28)29-17-16-27(34-29)20-14-15-25-24(18-20)21-9-3-6-19-7-4-11-26(33-25)31(19)21/h1-18H.